The Balaban J connectivity index is 2.91. The van der Waals surface area contributed by atoms with Crippen LogP contribution in [0.3, 0.4) is 0 Å². The molecule has 0 heterocycles. The molecule has 0 fully saturated rings. The Morgan fingerprint density at radius 3 is 2.29 bits per heavy atom. The maximum atomic E-state index is 13.3. The Bertz CT molecular complexity index is 469. The van der Waals surface area contributed by atoms with E-state index in [2.05, 4.69) is 0 Å². The van der Waals surface area contributed by atoms with E-state index in [0.717, 1.165) is 12.1 Å². The molecule has 0 bridgehead atoms. The predicted molar refractivity (Wildman–Crippen MR) is 75.2 cm³/mol. The van der Waals surface area contributed by atoms with Crippen molar-refractivity contribution in [1.82, 2.24) is 4.90 Å². The van der Waals surface area contributed by atoms with Crippen LogP contribution in [0.15, 0.2) is 18.2 Å². The van der Waals surface area contributed by atoms with Gasteiger partial charge in [-0.15, -0.1) is 0 Å². The molecule has 0 saturated carbocycles. The second kappa shape index (κ2) is 6.75. The van der Waals surface area contributed by atoms with Gasteiger partial charge in [0.05, 0.1) is 5.56 Å². The Morgan fingerprint density at radius 1 is 1.19 bits per heavy atom. The molecule has 120 valence electrons. The van der Waals surface area contributed by atoms with E-state index in [-0.39, 0.29) is 5.41 Å². The van der Waals surface area contributed by atoms with E-state index < -0.39 is 17.6 Å². The molecule has 0 aliphatic rings. The molecule has 0 aliphatic carbocycles. The number of hydrogen-bond acceptors (Lipinski definition) is 2. The molecule has 0 saturated heterocycles. The van der Waals surface area contributed by atoms with Gasteiger partial charge in [-0.3, -0.25) is 4.90 Å². The molecule has 0 amide bonds. The van der Waals surface area contributed by atoms with Gasteiger partial charge in [-0.05, 0) is 36.2 Å². The number of alkyl halides is 3. The minimum atomic E-state index is -4.67. The van der Waals surface area contributed by atoms with Gasteiger partial charge in [0.2, 0.25) is 0 Å². The highest BCUT2D eigenvalue weighted by Crippen LogP contribution is 2.32. The van der Waals surface area contributed by atoms with Gasteiger partial charge in [0.1, 0.15) is 5.82 Å². The summed E-state index contributed by atoms with van der Waals surface area (Å²) in [5, 5.41) is 0. The van der Waals surface area contributed by atoms with Crippen molar-refractivity contribution in [3.63, 3.8) is 0 Å². The molecular formula is C15H22F4N2. The summed E-state index contributed by atoms with van der Waals surface area (Å²) in [4.78, 5) is 2.00. The summed E-state index contributed by atoms with van der Waals surface area (Å²) in [6.07, 6.45) is -4.67. The third-order valence-corrected chi connectivity index (χ3v) is 3.39. The van der Waals surface area contributed by atoms with Gasteiger partial charge in [0, 0.05) is 13.1 Å². The van der Waals surface area contributed by atoms with E-state index >= 15 is 0 Å². The summed E-state index contributed by atoms with van der Waals surface area (Å²) in [5.41, 5.74) is 4.79. The van der Waals surface area contributed by atoms with Gasteiger partial charge in [0.25, 0.3) is 0 Å². The second-order valence-corrected chi connectivity index (χ2v) is 5.98. The first-order chi connectivity index (χ1) is 9.59. The topological polar surface area (TPSA) is 29.3 Å². The SMILES string of the molecule is CCN(Cc1ccc(F)c(C(F)(F)F)c1)CC(C)(C)CN. The number of rotatable bonds is 6. The Hall–Kier alpha value is -1.14. The fourth-order valence-corrected chi connectivity index (χ4v) is 2.10. The van der Waals surface area contributed by atoms with Crippen LogP contribution in [0.5, 0.6) is 0 Å². The lowest BCUT2D eigenvalue weighted by Crippen LogP contribution is -2.38. The van der Waals surface area contributed by atoms with E-state index in [4.69, 9.17) is 5.73 Å². The zero-order chi connectivity index (χ0) is 16.3. The summed E-state index contributed by atoms with van der Waals surface area (Å²) in [6.45, 7) is 8.11. The minimum absolute atomic E-state index is 0.122. The summed E-state index contributed by atoms with van der Waals surface area (Å²) >= 11 is 0. The van der Waals surface area contributed by atoms with E-state index in [1.54, 1.807) is 0 Å². The molecule has 6 heteroatoms. The van der Waals surface area contributed by atoms with Gasteiger partial charge in [0.15, 0.2) is 0 Å². The maximum Gasteiger partial charge on any atom is 0.419 e. The summed E-state index contributed by atoms with van der Waals surface area (Å²) in [6, 6.07) is 3.15. The number of hydrogen-bond donors (Lipinski definition) is 1. The molecule has 2 nitrogen and oxygen atoms in total. The first-order valence-electron chi connectivity index (χ1n) is 6.87. The van der Waals surface area contributed by atoms with E-state index in [0.29, 0.717) is 31.7 Å². The highest BCUT2D eigenvalue weighted by Gasteiger charge is 2.34. The molecule has 0 unspecified atom stereocenters. The smallest absolute Gasteiger partial charge is 0.330 e. The monoisotopic (exact) mass is 306 g/mol. The average molecular weight is 306 g/mol. The van der Waals surface area contributed by atoms with E-state index in [1.165, 1.54) is 6.07 Å². The first-order valence-corrected chi connectivity index (χ1v) is 6.87. The Labute approximate surface area is 122 Å². The third-order valence-electron chi connectivity index (χ3n) is 3.39. The van der Waals surface area contributed by atoms with Crippen LogP contribution in [-0.4, -0.2) is 24.5 Å². The minimum Gasteiger partial charge on any atom is -0.330 e. The van der Waals surface area contributed by atoms with Crippen molar-refractivity contribution in [2.24, 2.45) is 11.1 Å². The van der Waals surface area contributed by atoms with Crippen molar-refractivity contribution in [2.45, 2.75) is 33.5 Å². The van der Waals surface area contributed by atoms with Crippen molar-refractivity contribution in [3.8, 4) is 0 Å². The van der Waals surface area contributed by atoms with Crippen molar-refractivity contribution < 1.29 is 17.6 Å². The average Bonchev–Trinajstić information content (AvgIpc) is 2.38. The van der Waals surface area contributed by atoms with E-state index in [1.807, 2.05) is 25.7 Å². The second-order valence-electron chi connectivity index (χ2n) is 5.98. The molecule has 1 rings (SSSR count). The highest BCUT2D eigenvalue weighted by atomic mass is 19.4. The van der Waals surface area contributed by atoms with Crippen LogP contribution >= 0.6 is 0 Å². The molecule has 0 radical (unpaired) electrons. The van der Waals surface area contributed by atoms with Crippen LogP contribution < -0.4 is 5.73 Å². The molecule has 0 atom stereocenters. The van der Waals surface area contributed by atoms with Crippen LogP contribution in [0.4, 0.5) is 17.6 Å². The maximum absolute atomic E-state index is 13.3. The lowest BCUT2D eigenvalue weighted by atomic mass is 9.93. The van der Waals surface area contributed by atoms with E-state index in [9.17, 15) is 17.6 Å². The van der Waals surface area contributed by atoms with Crippen molar-refractivity contribution >= 4 is 0 Å². The predicted octanol–water partition coefficient (Wildman–Crippen LogP) is 3.65. The number of halogens is 4. The van der Waals surface area contributed by atoms with Gasteiger partial charge in [-0.1, -0.05) is 26.8 Å². The number of nitrogens with two attached hydrogens (primary N) is 1. The lowest BCUT2D eigenvalue weighted by Gasteiger charge is -2.31. The first kappa shape index (κ1) is 17.9. The molecule has 0 aromatic heterocycles. The van der Waals surface area contributed by atoms with Gasteiger partial charge in [-0.25, -0.2) is 4.39 Å². The molecule has 1 aromatic rings. The fourth-order valence-electron chi connectivity index (χ4n) is 2.10. The Kier molecular flexibility index (Phi) is 5.75. The van der Waals surface area contributed by atoms with Crippen LogP contribution in [0.25, 0.3) is 0 Å². The highest BCUT2D eigenvalue weighted by molar-refractivity contribution is 5.27. The quantitative estimate of drug-likeness (QED) is 0.813. The van der Waals surface area contributed by atoms with Crippen LogP contribution in [0.1, 0.15) is 31.9 Å². The van der Waals surface area contributed by atoms with Gasteiger partial charge in [-0.2, -0.15) is 13.2 Å². The summed E-state index contributed by atoms with van der Waals surface area (Å²) < 4.78 is 51.4. The molecule has 0 aliphatic heterocycles. The van der Waals surface area contributed by atoms with Gasteiger partial charge >= 0.3 is 6.18 Å². The third kappa shape index (κ3) is 5.28. The standard InChI is InChI=1S/C15H22F4N2/c1-4-21(10-14(2,3)9-20)8-11-5-6-13(16)12(7-11)15(17,18)19/h5-7H,4,8-10,20H2,1-3H3. The normalized spacial score (nSPS) is 13.0. The zero-order valence-electron chi connectivity index (χ0n) is 12.6. The molecule has 21 heavy (non-hydrogen) atoms. The molecular weight excluding hydrogens is 284 g/mol. The number of nitrogens with zero attached hydrogens (tertiary/aromatic N) is 1. The van der Waals surface area contributed by atoms with Crippen LogP contribution in [0.2, 0.25) is 0 Å². The number of benzene rings is 1. The van der Waals surface area contributed by atoms with Gasteiger partial charge < -0.3 is 5.73 Å². The largest absolute Gasteiger partial charge is 0.419 e. The zero-order valence-corrected chi connectivity index (χ0v) is 12.6. The van der Waals surface area contributed by atoms with Crippen molar-refractivity contribution in [1.29, 1.82) is 0 Å². The molecule has 1 aromatic carbocycles. The molecule has 0 spiro atoms. The van der Waals surface area contributed by atoms with Crippen LogP contribution in [-0.2, 0) is 12.7 Å². The lowest BCUT2D eigenvalue weighted by molar-refractivity contribution is -0.140. The Morgan fingerprint density at radius 2 is 1.81 bits per heavy atom. The summed E-state index contributed by atoms with van der Waals surface area (Å²) in [7, 11) is 0. The van der Waals surface area contributed by atoms with Crippen LogP contribution in [0, 0.1) is 11.2 Å². The van der Waals surface area contributed by atoms with Crippen molar-refractivity contribution in [3.05, 3.63) is 35.1 Å². The molecule has 2 N–H and O–H groups in total. The summed E-state index contributed by atoms with van der Waals surface area (Å²) in [5.74, 6) is -1.24. The van der Waals surface area contributed by atoms with Crippen molar-refractivity contribution in [2.75, 3.05) is 19.6 Å². The fraction of sp³-hybridized carbons (Fsp3) is 0.600.